The maximum atomic E-state index is 13.1. The Kier molecular flexibility index (Phi) is 5.61. The highest BCUT2D eigenvalue weighted by Crippen LogP contribution is 2.33. The predicted octanol–water partition coefficient (Wildman–Crippen LogP) is 2.27. The van der Waals surface area contributed by atoms with Crippen molar-refractivity contribution in [1.82, 2.24) is 25.0 Å². The maximum absolute atomic E-state index is 13.1. The van der Waals surface area contributed by atoms with E-state index in [0.717, 1.165) is 47.1 Å². The third-order valence-electron chi connectivity index (χ3n) is 6.49. The van der Waals surface area contributed by atoms with E-state index in [4.69, 9.17) is 9.84 Å². The number of para-hydroxylation sites is 1. The molecule has 0 radical (unpaired) electrons. The number of likely N-dealkylation sites (N-methyl/N-ethyl adjacent to an activating group) is 1. The largest absolute Gasteiger partial charge is 0.376 e. The van der Waals surface area contributed by atoms with E-state index in [-0.39, 0.29) is 24.3 Å². The van der Waals surface area contributed by atoms with Crippen LogP contribution in [0, 0.1) is 0 Å². The third kappa shape index (κ3) is 3.86. The lowest BCUT2D eigenvalue weighted by Gasteiger charge is -2.31. The van der Waals surface area contributed by atoms with Gasteiger partial charge in [0.1, 0.15) is 12.2 Å². The third-order valence-corrected chi connectivity index (χ3v) is 6.49. The Hall–Kier alpha value is -3.26. The average Bonchev–Trinajstić information content (AvgIpc) is 3.21. The first-order valence-electron chi connectivity index (χ1n) is 11.2. The van der Waals surface area contributed by atoms with Gasteiger partial charge < -0.3 is 15.0 Å². The molecule has 0 unspecified atom stereocenters. The zero-order valence-corrected chi connectivity index (χ0v) is 18.2. The average molecular weight is 434 g/mol. The summed E-state index contributed by atoms with van der Waals surface area (Å²) in [6.45, 7) is 2.74. The van der Waals surface area contributed by atoms with Gasteiger partial charge in [0.15, 0.2) is 0 Å². The summed E-state index contributed by atoms with van der Waals surface area (Å²) in [5.74, 6) is 0.173. The molecule has 0 spiro atoms. The summed E-state index contributed by atoms with van der Waals surface area (Å²) in [6.07, 6.45) is 2.44. The zero-order valence-electron chi connectivity index (χ0n) is 18.2. The van der Waals surface area contributed by atoms with Crippen molar-refractivity contribution in [3.8, 4) is 0 Å². The number of rotatable bonds is 4. The Balaban J connectivity index is 1.31. The lowest BCUT2D eigenvalue weighted by atomic mass is 9.90. The summed E-state index contributed by atoms with van der Waals surface area (Å²) in [5.41, 5.74) is 4.58. The van der Waals surface area contributed by atoms with Crippen LogP contribution in [0.5, 0.6) is 0 Å². The number of piperidine rings is 1. The van der Waals surface area contributed by atoms with E-state index >= 15 is 0 Å². The fourth-order valence-corrected chi connectivity index (χ4v) is 4.71. The van der Waals surface area contributed by atoms with Crippen LogP contribution in [0.1, 0.15) is 46.2 Å². The number of pyridine rings is 1. The van der Waals surface area contributed by atoms with E-state index in [2.05, 4.69) is 10.3 Å². The number of carbonyl (C=O) groups is 2. The first-order valence-corrected chi connectivity index (χ1v) is 11.2. The minimum Gasteiger partial charge on any atom is -0.376 e. The molecule has 1 saturated heterocycles. The van der Waals surface area contributed by atoms with Gasteiger partial charge in [-0.3, -0.25) is 14.3 Å². The molecule has 0 saturated carbocycles. The van der Waals surface area contributed by atoms with Crippen LogP contribution in [0.2, 0.25) is 0 Å². The van der Waals surface area contributed by atoms with E-state index in [1.807, 2.05) is 46.0 Å². The minimum atomic E-state index is -0.0587. The molecule has 1 N–H and O–H groups in total. The quantitative estimate of drug-likeness (QED) is 0.682. The van der Waals surface area contributed by atoms with Crippen molar-refractivity contribution in [1.29, 1.82) is 0 Å². The second kappa shape index (κ2) is 8.70. The number of likely N-dealkylation sites (tertiary alicyclic amines) is 1. The van der Waals surface area contributed by atoms with E-state index in [9.17, 15) is 9.59 Å². The van der Waals surface area contributed by atoms with Gasteiger partial charge in [-0.25, -0.2) is 4.98 Å². The minimum absolute atomic E-state index is 0.0234. The smallest absolute Gasteiger partial charge is 0.272 e. The molecule has 4 heterocycles. The van der Waals surface area contributed by atoms with Crippen LogP contribution >= 0.6 is 0 Å². The molecule has 3 aromatic rings. The Morgan fingerprint density at radius 2 is 1.97 bits per heavy atom. The van der Waals surface area contributed by atoms with Gasteiger partial charge in [-0.05, 0) is 25.0 Å². The maximum Gasteiger partial charge on any atom is 0.272 e. The molecular formula is C24H27N5O3. The van der Waals surface area contributed by atoms with Gasteiger partial charge in [0.05, 0.1) is 24.4 Å². The summed E-state index contributed by atoms with van der Waals surface area (Å²) < 4.78 is 7.53. The monoisotopic (exact) mass is 433 g/mol. The van der Waals surface area contributed by atoms with E-state index in [0.29, 0.717) is 32.0 Å². The van der Waals surface area contributed by atoms with Crippen molar-refractivity contribution in [3.63, 3.8) is 0 Å². The van der Waals surface area contributed by atoms with Crippen molar-refractivity contribution < 1.29 is 14.3 Å². The van der Waals surface area contributed by atoms with Crippen molar-refractivity contribution in [3.05, 3.63) is 59.0 Å². The fourth-order valence-electron chi connectivity index (χ4n) is 4.71. The second-order valence-electron chi connectivity index (χ2n) is 8.40. The van der Waals surface area contributed by atoms with Crippen LogP contribution in [0.25, 0.3) is 10.9 Å². The van der Waals surface area contributed by atoms with Gasteiger partial charge in [0.2, 0.25) is 5.91 Å². The number of ether oxygens (including phenoxy) is 1. The van der Waals surface area contributed by atoms with Crippen molar-refractivity contribution in [2.45, 2.75) is 38.3 Å². The molecule has 2 aromatic heterocycles. The molecule has 2 aliphatic heterocycles. The molecule has 1 aromatic carbocycles. The number of nitrogens with one attached hydrogen (secondary N) is 1. The van der Waals surface area contributed by atoms with Crippen LogP contribution in [0.3, 0.4) is 0 Å². The molecule has 1 fully saturated rings. The molecule has 2 amide bonds. The van der Waals surface area contributed by atoms with E-state index in [1.165, 1.54) is 0 Å². The van der Waals surface area contributed by atoms with Crippen molar-refractivity contribution >= 4 is 22.7 Å². The molecule has 0 aliphatic carbocycles. The van der Waals surface area contributed by atoms with Crippen molar-refractivity contribution in [2.24, 2.45) is 0 Å². The highest BCUT2D eigenvalue weighted by atomic mass is 16.5. The second-order valence-corrected chi connectivity index (χ2v) is 8.40. The Labute approximate surface area is 186 Å². The first-order chi connectivity index (χ1) is 15.6. The Morgan fingerprint density at radius 1 is 1.16 bits per heavy atom. The topological polar surface area (TPSA) is 89.4 Å². The molecule has 0 atom stereocenters. The number of hydrogen-bond donors (Lipinski definition) is 1. The molecular weight excluding hydrogens is 406 g/mol. The predicted molar refractivity (Wildman–Crippen MR) is 119 cm³/mol. The number of nitrogens with zero attached hydrogens (tertiary/aromatic N) is 4. The van der Waals surface area contributed by atoms with Crippen LogP contribution in [0.15, 0.2) is 36.4 Å². The summed E-state index contributed by atoms with van der Waals surface area (Å²) in [7, 11) is 1.64. The summed E-state index contributed by atoms with van der Waals surface area (Å²) in [5, 5.41) is 8.53. The van der Waals surface area contributed by atoms with Gasteiger partial charge >= 0.3 is 0 Å². The normalized spacial score (nSPS) is 16.7. The summed E-state index contributed by atoms with van der Waals surface area (Å²) in [6, 6.07) is 11.6. The number of fused-ring (bicyclic) bond motifs is 2. The number of benzene rings is 1. The summed E-state index contributed by atoms with van der Waals surface area (Å²) >= 11 is 0. The van der Waals surface area contributed by atoms with Crippen LogP contribution < -0.4 is 5.32 Å². The highest BCUT2D eigenvalue weighted by Gasteiger charge is 2.31. The lowest BCUT2D eigenvalue weighted by Crippen LogP contribution is -2.38. The van der Waals surface area contributed by atoms with Gasteiger partial charge in [0, 0.05) is 49.1 Å². The number of carbonyl (C=O) groups excluding carboxylic acids is 2. The molecule has 166 valence electrons. The van der Waals surface area contributed by atoms with Crippen LogP contribution in [-0.2, 0) is 29.1 Å². The van der Waals surface area contributed by atoms with E-state index < -0.39 is 0 Å². The molecule has 5 rings (SSSR count). The molecule has 8 nitrogen and oxygen atoms in total. The van der Waals surface area contributed by atoms with Gasteiger partial charge in [-0.2, -0.15) is 5.10 Å². The SMILES string of the molecule is CNC(=O)Cn1nc(C2CCN(C(=O)c3ccc4ccccc4n3)CC2)c2c1CCOC2. The number of hydrogen-bond acceptors (Lipinski definition) is 5. The highest BCUT2D eigenvalue weighted by molar-refractivity contribution is 5.95. The first kappa shape index (κ1) is 20.6. The number of aromatic nitrogens is 3. The lowest BCUT2D eigenvalue weighted by molar-refractivity contribution is -0.121. The van der Waals surface area contributed by atoms with Gasteiger partial charge in [-0.15, -0.1) is 0 Å². The summed E-state index contributed by atoms with van der Waals surface area (Å²) in [4.78, 5) is 31.4. The molecule has 32 heavy (non-hydrogen) atoms. The Morgan fingerprint density at radius 3 is 2.78 bits per heavy atom. The standard InChI is InChI=1S/C24H27N5O3/c1-25-22(30)14-29-21-10-13-32-15-18(21)23(27-29)17-8-11-28(12-9-17)24(31)20-7-6-16-4-2-3-5-19(16)26-20/h2-7,17H,8-15H2,1H3,(H,25,30). The molecule has 0 bridgehead atoms. The van der Waals surface area contributed by atoms with Crippen LogP contribution in [0.4, 0.5) is 0 Å². The van der Waals surface area contributed by atoms with E-state index in [1.54, 1.807) is 7.05 Å². The van der Waals surface area contributed by atoms with Crippen molar-refractivity contribution in [2.75, 3.05) is 26.7 Å². The number of amides is 2. The fraction of sp³-hybridized carbons (Fsp3) is 0.417. The van der Waals surface area contributed by atoms with Gasteiger partial charge in [-0.1, -0.05) is 24.3 Å². The molecule has 8 heteroatoms. The zero-order chi connectivity index (χ0) is 22.1. The molecule has 2 aliphatic rings. The Bertz CT molecular complexity index is 1160. The van der Waals surface area contributed by atoms with Gasteiger partial charge in [0.25, 0.3) is 5.91 Å². The van der Waals surface area contributed by atoms with Crippen LogP contribution in [-0.4, -0.2) is 58.2 Å².